The molecule has 0 amide bonds. The number of carbonyl (C=O) groups is 2. The molecular formula is C27H35NO4. The number of aliphatic imine (C=N–C) groups is 1. The van der Waals surface area contributed by atoms with Crippen molar-refractivity contribution < 1.29 is 19.1 Å². The molecule has 2 saturated carbocycles. The number of para-hydroxylation sites is 1. The minimum atomic E-state index is -0.441. The highest BCUT2D eigenvalue weighted by Crippen LogP contribution is 2.49. The Morgan fingerprint density at radius 3 is 2.56 bits per heavy atom. The van der Waals surface area contributed by atoms with Crippen LogP contribution < -0.4 is 4.74 Å². The molecule has 0 spiro atoms. The number of fused-ring (bicyclic) bond motifs is 1. The maximum atomic E-state index is 13.5. The highest BCUT2D eigenvalue weighted by Gasteiger charge is 2.48. The Morgan fingerprint density at radius 2 is 1.84 bits per heavy atom. The first kappa shape index (κ1) is 22.8. The van der Waals surface area contributed by atoms with Crippen molar-refractivity contribution >= 4 is 17.5 Å². The third-order valence-corrected chi connectivity index (χ3v) is 6.88. The molecule has 5 heteroatoms. The molecule has 1 unspecified atom stereocenters. The van der Waals surface area contributed by atoms with E-state index < -0.39 is 11.8 Å². The van der Waals surface area contributed by atoms with Gasteiger partial charge < -0.3 is 9.47 Å². The molecule has 4 rings (SSSR count). The van der Waals surface area contributed by atoms with E-state index in [0.717, 1.165) is 55.5 Å². The van der Waals surface area contributed by atoms with Crippen LogP contribution in [0.3, 0.4) is 0 Å². The molecule has 1 aliphatic heterocycles. The first-order valence-electron chi connectivity index (χ1n) is 12.0. The number of carbonyl (C=O) groups excluding carboxylic acids is 2. The van der Waals surface area contributed by atoms with Crippen LogP contribution in [0.1, 0.15) is 84.1 Å². The van der Waals surface area contributed by atoms with Gasteiger partial charge in [0.25, 0.3) is 0 Å². The van der Waals surface area contributed by atoms with Gasteiger partial charge in [-0.15, -0.1) is 0 Å². The van der Waals surface area contributed by atoms with Gasteiger partial charge in [0, 0.05) is 29.3 Å². The van der Waals surface area contributed by atoms with Gasteiger partial charge in [-0.25, -0.2) is 4.79 Å². The van der Waals surface area contributed by atoms with Gasteiger partial charge in [0.15, 0.2) is 0 Å². The van der Waals surface area contributed by atoms with Gasteiger partial charge in [-0.3, -0.25) is 9.79 Å². The van der Waals surface area contributed by atoms with Crippen LogP contribution in [-0.4, -0.2) is 30.2 Å². The molecule has 3 aliphatic rings. The maximum Gasteiger partial charge on any atom is 0.336 e. The maximum absolute atomic E-state index is 13.5. The molecule has 2 fully saturated rings. The van der Waals surface area contributed by atoms with Gasteiger partial charge in [0.05, 0.1) is 18.1 Å². The standard InChI is InChI=1S/C27H35NO4/c1-5-14-31-22-13-9-8-12-19(22)24-23(26(30)32-18-10-6-7-11-18)17(2)28-20-15-27(3,4)16-21(29)25(20)24/h8-9,12-13,18,24-25H,5-7,10-11,14-16H2,1-4H3/t24-,25?/m0/s1. The monoisotopic (exact) mass is 437 g/mol. The molecule has 0 radical (unpaired) electrons. The molecule has 1 heterocycles. The number of esters is 1. The fraction of sp³-hybridized carbons (Fsp3) is 0.593. The lowest BCUT2D eigenvalue weighted by molar-refractivity contribution is -0.144. The van der Waals surface area contributed by atoms with Crippen molar-refractivity contribution in [1.29, 1.82) is 0 Å². The summed E-state index contributed by atoms with van der Waals surface area (Å²) in [7, 11) is 0. The minimum Gasteiger partial charge on any atom is -0.493 e. The van der Waals surface area contributed by atoms with E-state index in [4.69, 9.17) is 14.5 Å². The van der Waals surface area contributed by atoms with Crippen molar-refractivity contribution in [3.63, 3.8) is 0 Å². The van der Waals surface area contributed by atoms with Crippen LogP contribution in [0.15, 0.2) is 40.5 Å². The molecule has 32 heavy (non-hydrogen) atoms. The van der Waals surface area contributed by atoms with Crippen molar-refractivity contribution in [3.8, 4) is 5.75 Å². The smallest absolute Gasteiger partial charge is 0.336 e. The fourth-order valence-electron chi connectivity index (χ4n) is 5.50. The molecule has 0 aromatic heterocycles. The van der Waals surface area contributed by atoms with Crippen LogP contribution in [0.4, 0.5) is 0 Å². The second kappa shape index (κ2) is 9.21. The Labute approximate surface area is 191 Å². The first-order valence-corrected chi connectivity index (χ1v) is 12.0. The summed E-state index contributed by atoms with van der Waals surface area (Å²) in [4.78, 5) is 31.8. The molecule has 1 aromatic carbocycles. The highest BCUT2D eigenvalue weighted by atomic mass is 16.5. The number of allylic oxidation sites excluding steroid dienone is 1. The number of nitrogens with zero attached hydrogens (tertiary/aromatic N) is 1. The molecule has 5 nitrogen and oxygen atoms in total. The summed E-state index contributed by atoms with van der Waals surface area (Å²) in [6, 6.07) is 7.81. The summed E-state index contributed by atoms with van der Waals surface area (Å²) >= 11 is 0. The third-order valence-electron chi connectivity index (χ3n) is 6.88. The summed E-state index contributed by atoms with van der Waals surface area (Å²) < 4.78 is 12.0. The molecular weight excluding hydrogens is 402 g/mol. The van der Waals surface area contributed by atoms with Crippen molar-refractivity contribution in [3.05, 3.63) is 41.1 Å². The van der Waals surface area contributed by atoms with E-state index in [-0.39, 0.29) is 23.3 Å². The van der Waals surface area contributed by atoms with E-state index in [2.05, 4.69) is 20.8 Å². The number of hydrogen-bond donors (Lipinski definition) is 0. The van der Waals surface area contributed by atoms with Crippen LogP contribution in [-0.2, 0) is 14.3 Å². The Balaban J connectivity index is 1.80. The molecule has 172 valence electrons. The zero-order valence-corrected chi connectivity index (χ0v) is 19.8. The Hall–Kier alpha value is -2.43. The molecule has 0 N–H and O–H groups in total. The average Bonchev–Trinajstić information content (AvgIpc) is 3.23. The number of hydrogen-bond acceptors (Lipinski definition) is 5. The minimum absolute atomic E-state index is 0.0404. The van der Waals surface area contributed by atoms with Crippen LogP contribution in [0.5, 0.6) is 5.75 Å². The van der Waals surface area contributed by atoms with Gasteiger partial charge in [-0.05, 0) is 56.9 Å². The van der Waals surface area contributed by atoms with Crippen molar-refractivity contribution in [2.75, 3.05) is 6.61 Å². The predicted molar refractivity (Wildman–Crippen MR) is 125 cm³/mol. The Morgan fingerprint density at radius 1 is 1.12 bits per heavy atom. The van der Waals surface area contributed by atoms with Gasteiger partial charge in [0.1, 0.15) is 17.6 Å². The van der Waals surface area contributed by atoms with Crippen LogP contribution >= 0.6 is 0 Å². The molecule has 0 bridgehead atoms. The third kappa shape index (κ3) is 4.53. The van der Waals surface area contributed by atoms with Gasteiger partial charge >= 0.3 is 5.97 Å². The van der Waals surface area contributed by atoms with E-state index >= 15 is 0 Å². The normalized spacial score (nSPS) is 25.4. The lowest BCUT2D eigenvalue weighted by Gasteiger charge is -2.41. The van der Waals surface area contributed by atoms with Gasteiger partial charge in [-0.1, -0.05) is 39.0 Å². The van der Waals surface area contributed by atoms with Crippen molar-refractivity contribution in [2.45, 2.75) is 84.7 Å². The number of ketones is 1. The van der Waals surface area contributed by atoms with Crippen molar-refractivity contribution in [2.24, 2.45) is 16.3 Å². The van der Waals surface area contributed by atoms with E-state index in [1.54, 1.807) is 0 Å². The Kier molecular flexibility index (Phi) is 6.55. The summed E-state index contributed by atoms with van der Waals surface area (Å²) in [6.07, 6.45) is 6.07. The van der Waals surface area contributed by atoms with E-state index in [1.165, 1.54) is 0 Å². The molecule has 0 saturated heterocycles. The van der Waals surface area contributed by atoms with Crippen LogP contribution in [0, 0.1) is 11.3 Å². The number of ether oxygens (including phenoxy) is 2. The highest BCUT2D eigenvalue weighted by molar-refractivity contribution is 6.12. The number of Topliss-reactive ketones (excluding diaryl/α,β-unsaturated/α-hetero) is 1. The first-order chi connectivity index (χ1) is 15.3. The number of rotatable bonds is 6. The second-order valence-corrected chi connectivity index (χ2v) is 10.2. The van der Waals surface area contributed by atoms with Gasteiger partial charge in [0.2, 0.25) is 0 Å². The largest absolute Gasteiger partial charge is 0.493 e. The number of benzene rings is 1. The van der Waals surface area contributed by atoms with Crippen molar-refractivity contribution in [1.82, 2.24) is 0 Å². The quantitative estimate of drug-likeness (QED) is 0.529. The SMILES string of the molecule is CCCOc1ccccc1[C@H]1C(C(=O)OC2CCCC2)=C(C)N=C2CC(C)(C)CC(=O)C21. The van der Waals surface area contributed by atoms with E-state index in [0.29, 0.717) is 24.3 Å². The molecule has 2 atom stereocenters. The van der Waals surface area contributed by atoms with E-state index in [9.17, 15) is 9.59 Å². The zero-order chi connectivity index (χ0) is 22.9. The second-order valence-electron chi connectivity index (χ2n) is 10.2. The lowest BCUT2D eigenvalue weighted by Crippen LogP contribution is -2.44. The van der Waals surface area contributed by atoms with E-state index in [1.807, 2.05) is 31.2 Å². The summed E-state index contributed by atoms with van der Waals surface area (Å²) in [5.74, 6) is -0.312. The van der Waals surface area contributed by atoms with Crippen LogP contribution in [0.2, 0.25) is 0 Å². The fourth-order valence-corrected chi connectivity index (χ4v) is 5.50. The average molecular weight is 438 g/mol. The van der Waals surface area contributed by atoms with Crippen LogP contribution in [0.25, 0.3) is 0 Å². The summed E-state index contributed by atoms with van der Waals surface area (Å²) in [5, 5.41) is 0. The zero-order valence-electron chi connectivity index (χ0n) is 19.8. The lowest BCUT2D eigenvalue weighted by atomic mass is 9.63. The Bertz CT molecular complexity index is 952. The topological polar surface area (TPSA) is 65.0 Å². The molecule has 1 aromatic rings. The summed E-state index contributed by atoms with van der Waals surface area (Å²) in [5.41, 5.74) is 2.82. The molecule has 2 aliphatic carbocycles. The van der Waals surface area contributed by atoms with Gasteiger partial charge in [-0.2, -0.15) is 0 Å². The summed E-state index contributed by atoms with van der Waals surface area (Å²) in [6.45, 7) is 8.75. The predicted octanol–water partition coefficient (Wildman–Crippen LogP) is 5.78.